The van der Waals surface area contributed by atoms with Crippen LogP contribution in [0.15, 0.2) is 36.4 Å². The molecule has 254 valence electrons. The maximum Gasteiger partial charge on any atom is 0.264 e. The van der Waals surface area contributed by atoms with Gasteiger partial charge in [0.1, 0.15) is 5.75 Å². The highest BCUT2D eigenvalue weighted by Crippen LogP contribution is 2.66. The number of piperazine rings is 1. The zero-order valence-corrected chi connectivity index (χ0v) is 28.9. The van der Waals surface area contributed by atoms with Crippen LogP contribution >= 0.6 is 0 Å². The maximum atomic E-state index is 15.0. The number of nitrogens with zero attached hydrogens (tertiary/aromatic N) is 3. The standard InChI is InChI=1S/C38H46N4O5S/c1-40-20-25-12-13-26(21-40)42(25)37(44)38-19-32(38)31-18-27(47-2)14-16-29(31)35-34(23-7-4-3-5-8-23)30-15-11-24(17-33(30)41(35)22-38)36(43)39-48(45,46)28-9-6-10-28/h11,14-18,23,25-26,28,32H,3-10,12-13,19-22H2,1-2H3,(H,39,43). The smallest absolute Gasteiger partial charge is 0.264 e. The number of likely N-dealkylation sites (tertiary alicyclic amines) is 1. The minimum absolute atomic E-state index is 0.0856. The Kier molecular flexibility index (Phi) is 7.07. The quantitative estimate of drug-likeness (QED) is 0.358. The third-order valence-electron chi connectivity index (χ3n) is 12.8. The molecule has 48 heavy (non-hydrogen) atoms. The summed E-state index contributed by atoms with van der Waals surface area (Å²) in [6.45, 7) is 2.38. The summed E-state index contributed by atoms with van der Waals surface area (Å²) < 4.78 is 36.4. The molecule has 2 aromatic carbocycles. The van der Waals surface area contributed by atoms with Gasteiger partial charge in [-0.15, -0.1) is 0 Å². The van der Waals surface area contributed by atoms with Gasteiger partial charge < -0.3 is 19.1 Å². The second-order valence-corrected chi connectivity index (χ2v) is 17.6. The lowest BCUT2D eigenvalue weighted by molar-refractivity contribution is -0.143. The first-order valence-corrected chi connectivity index (χ1v) is 19.6. The van der Waals surface area contributed by atoms with Crippen LogP contribution < -0.4 is 9.46 Å². The van der Waals surface area contributed by atoms with Gasteiger partial charge in [0.25, 0.3) is 5.91 Å². The van der Waals surface area contributed by atoms with E-state index in [0.717, 1.165) is 79.5 Å². The van der Waals surface area contributed by atoms with Crippen molar-refractivity contribution in [2.45, 2.75) is 106 Å². The Morgan fingerprint density at radius 3 is 2.35 bits per heavy atom. The van der Waals surface area contributed by atoms with Crippen molar-refractivity contribution in [3.63, 3.8) is 0 Å². The van der Waals surface area contributed by atoms with E-state index in [1.807, 2.05) is 18.2 Å². The zero-order valence-electron chi connectivity index (χ0n) is 28.0. The van der Waals surface area contributed by atoms with Crippen molar-refractivity contribution in [2.24, 2.45) is 5.41 Å². The number of hydrogen-bond donors (Lipinski definition) is 1. The van der Waals surface area contributed by atoms with Crippen molar-refractivity contribution in [3.05, 3.63) is 53.1 Å². The fraction of sp³-hybridized carbons (Fsp3) is 0.579. The van der Waals surface area contributed by atoms with Gasteiger partial charge in [-0.25, -0.2) is 13.1 Å². The number of rotatable bonds is 6. The average molecular weight is 671 g/mol. The molecule has 1 N–H and O–H groups in total. The fourth-order valence-corrected chi connectivity index (χ4v) is 11.6. The number of likely N-dealkylation sites (N-methyl/N-ethyl adjacent to an activating group) is 1. The molecule has 4 unspecified atom stereocenters. The molecule has 5 fully saturated rings. The van der Waals surface area contributed by atoms with E-state index in [9.17, 15) is 13.2 Å². The van der Waals surface area contributed by atoms with Crippen molar-refractivity contribution in [1.29, 1.82) is 0 Å². The highest BCUT2D eigenvalue weighted by Gasteiger charge is 2.65. The van der Waals surface area contributed by atoms with E-state index in [4.69, 9.17) is 4.74 Å². The van der Waals surface area contributed by atoms with Crippen LogP contribution in [0.4, 0.5) is 0 Å². The normalized spacial score (nSPS) is 28.6. The molecule has 9 rings (SSSR count). The lowest BCUT2D eigenvalue weighted by Crippen LogP contribution is -2.57. The Bertz CT molecular complexity index is 1930. The number of aromatic nitrogens is 1. The number of amides is 2. The Labute approximate surface area is 283 Å². The first kappa shape index (κ1) is 30.7. The molecule has 0 spiro atoms. The summed E-state index contributed by atoms with van der Waals surface area (Å²) in [7, 11) is 0.143. The second-order valence-electron chi connectivity index (χ2n) is 15.6. The van der Waals surface area contributed by atoms with Crippen LogP contribution in [0.5, 0.6) is 5.75 Å². The monoisotopic (exact) mass is 670 g/mol. The molecule has 6 aliphatic rings. The molecule has 3 aromatic rings. The van der Waals surface area contributed by atoms with E-state index in [-0.39, 0.29) is 23.9 Å². The molecule has 2 amide bonds. The number of carbonyl (C=O) groups excluding carboxylic acids is 2. The fourth-order valence-electron chi connectivity index (χ4n) is 10.1. The van der Waals surface area contributed by atoms with Gasteiger partial charge in [-0.05, 0) is 99.4 Å². The molecule has 3 aliphatic heterocycles. The summed E-state index contributed by atoms with van der Waals surface area (Å²) in [5.41, 5.74) is 5.50. The van der Waals surface area contributed by atoms with Crippen LogP contribution in [0.25, 0.3) is 22.2 Å². The summed E-state index contributed by atoms with van der Waals surface area (Å²) in [4.78, 5) is 33.2. The first-order valence-electron chi connectivity index (χ1n) is 18.1. The summed E-state index contributed by atoms with van der Waals surface area (Å²) in [5, 5.41) is 0.613. The third kappa shape index (κ3) is 4.61. The maximum absolute atomic E-state index is 15.0. The van der Waals surface area contributed by atoms with Gasteiger partial charge in [0.15, 0.2) is 0 Å². The molecule has 4 heterocycles. The van der Waals surface area contributed by atoms with Crippen molar-refractivity contribution in [2.75, 3.05) is 27.2 Å². The molecular weight excluding hydrogens is 625 g/mol. The number of hydrogen-bond acceptors (Lipinski definition) is 6. The molecule has 9 nitrogen and oxygen atoms in total. The van der Waals surface area contributed by atoms with Gasteiger partial charge >= 0.3 is 0 Å². The lowest BCUT2D eigenvalue weighted by Gasteiger charge is -2.41. The van der Waals surface area contributed by atoms with E-state index in [1.165, 1.54) is 30.4 Å². The topological polar surface area (TPSA) is 101 Å². The third-order valence-corrected chi connectivity index (χ3v) is 14.7. The lowest BCUT2D eigenvalue weighted by atomic mass is 9.81. The van der Waals surface area contributed by atoms with Gasteiger partial charge in [-0.1, -0.05) is 31.7 Å². The summed E-state index contributed by atoms with van der Waals surface area (Å²) in [6.07, 6.45) is 10.8. The zero-order chi connectivity index (χ0) is 32.9. The van der Waals surface area contributed by atoms with Gasteiger partial charge in [-0.3, -0.25) is 9.59 Å². The average Bonchev–Trinajstić information content (AvgIpc) is 3.63. The van der Waals surface area contributed by atoms with Crippen LogP contribution in [0.2, 0.25) is 0 Å². The van der Waals surface area contributed by atoms with Gasteiger partial charge in [-0.2, -0.15) is 0 Å². The van der Waals surface area contributed by atoms with Crippen LogP contribution in [0.3, 0.4) is 0 Å². The number of sulfonamides is 1. The highest BCUT2D eigenvalue weighted by atomic mass is 32.2. The second kappa shape index (κ2) is 11.1. The number of carbonyl (C=O) groups is 2. The SMILES string of the molecule is COc1ccc2c(c1)C1CC1(C(=O)N1C3CCC1CN(C)C3)Cn1c-2c(C2CCCCC2)c2ccc(C(=O)NS(=O)(=O)C3CCC3)cc21. The molecule has 4 atom stereocenters. The minimum atomic E-state index is -3.72. The van der Waals surface area contributed by atoms with Crippen LogP contribution in [0, 0.1) is 5.41 Å². The summed E-state index contributed by atoms with van der Waals surface area (Å²) in [6, 6.07) is 12.6. The molecule has 0 radical (unpaired) electrons. The number of fused-ring (bicyclic) bond motifs is 9. The molecule has 3 saturated carbocycles. The molecule has 10 heteroatoms. The minimum Gasteiger partial charge on any atom is -0.497 e. The number of methoxy groups -OCH3 is 1. The van der Waals surface area contributed by atoms with Crippen LogP contribution in [-0.4, -0.2) is 79.2 Å². The van der Waals surface area contributed by atoms with Crippen LogP contribution in [0.1, 0.15) is 104 Å². The van der Waals surface area contributed by atoms with Crippen molar-refractivity contribution >= 4 is 32.7 Å². The largest absolute Gasteiger partial charge is 0.497 e. The highest BCUT2D eigenvalue weighted by molar-refractivity contribution is 7.90. The molecule has 2 saturated heterocycles. The van der Waals surface area contributed by atoms with E-state index < -0.39 is 26.6 Å². The van der Waals surface area contributed by atoms with Crippen molar-refractivity contribution in [3.8, 4) is 17.0 Å². The molecule has 3 aliphatic carbocycles. The predicted molar refractivity (Wildman–Crippen MR) is 185 cm³/mol. The predicted octanol–water partition coefficient (Wildman–Crippen LogP) is 5.77. The van der Waals surface area contributed by atoms with Crippen molar-refractivity contribution in [1.82, 2.24) is 19.1 Å². The Balaban J connectivity index is 1.21. The Morgan fingerprint density at radius 2 is 1.67 bits per heavy atom. The van der Waals surface area contributed by atoms with Crippen molar-refractivity contribution < 1.29 is 22.7 Å². The number of nitrogens with one attached hydrogen (secondary N) is 1. The summed E-state index contributed by atoms with van der Waals surface area (Å²) >= 11 is 0. The van der Waals surface area contributed by atoms with Gasteiger partial charge in [0.2, 0.25) is 15.9 Å². The van der Waals surface area contributed by atoms with Gasteiger partial charge in [0, 0.05) is 59.7 Å². The van der Waals surface area contributed by atoms with E-state index in [0.29, 0.717) is 30.9 Å². The van der Waals surface area contributed by atoms with E-state index in [2.05, 4.69) is 38.3 Å². The Hall–Kier alpha value is -3.37. The summed E-state index contributed by atoms with van der Waals surface area (Å²) in [5.74, 6) is 0.956. The number of ether oxygens (including phenoxy) is 1. The first-order chi connectivity index (χ1) is 23.2. The molecule has 2 bridgehead atoms. The van der Waals surface area contributed by atoms with E-state index in [1.54, 1.807) is 13.2 Å². The number of benzene rings is 2. The van der Waals surface area contributed by atoms with Crippen LogP contribution in [-0.2, 0) is 21.4 Å². The Morgan fingerprint density at radius 1 is 0.917 bits per heavy atom. The van der Waals surface area contributed by atoms with E-state index >= 15 is 4.79 Å². The molecule has 1 aromatic heterocycles. The van der Waals surface area contributed by atoms with Gasteiger partial charge in [0.05, 0.1) is 23.5 Å². The molecular formula is C38H46N4O5S.